The van der Waals surface area contributed by atoms with E-state index in [0.717, 1.165) is 28.0 Å². The summed E-state index contributed by atoms with van der Waals surface area (Å²) in [6, 6.07) is 19.2. The van der Waals surface area contributed by atoms with Gasteiger partial charge in [-0.05, 0) is 60.9 Å². The van der Waals surface area contributed by atoms with Crippen LogP contribution in [-0.4, -0.2) is 35.1 Å². The Hall–Kier alpha value is -4.13. The number of rotatable bonds is 5. The van der Waals surface area contributed by atoms with Gasteiger partial charge in [0, 0.05) is 23.4 Å². The minimum Gasteiger partial charge on any atom is -0.447 e. The first-order chi connectivity index (χ1) is 16.0. The summed E-state index contributed by atoms with van der Waals surface area (Å²) in [5, 5.41) is 2.94. The number of cyclic esters (lactones) is 1. The zero-order chi connectivity index (χ0) is 22.9. The highest BCUT2D eigenvalue weighted by Crippen LogP contribution is 2.24. The summed E-state index contributed by atoms with van der Waals surface area (Å²) < 4.78 is 4.97. The van der Waals surface area contributed by atoms with Crippen LogP contribution in [0.3, 0.4) is 0 Å². The van der Waals surface area contributed by atoms with Crippen molar-refractivity contribution in [3.63, 3.8) is 0 Å². The summed E-state index contributed by atoms with van der Waals surface area (Å²) in [6.45, 7) is 5.42. The molecule has 0 aliphatic carbocycles. The van der Waals surface area contributed by atoms with Crippen LogP contribution in [0.1, 0.15) is 27.0 Å². The molecule has 3 aromatic carbocycles. The monoisotopic (exact) mass is 440 g/mol. The molecule has 4 aromatic rings. The largest absolute Gasteiger partial charge is 0.447 e. The lowest BCUT2D eigenvalue weighted by molar-refractivity contribution is 0.0951. The number of carbonyl (C=O) groups excluding carboxylic acids is 2. The fourth-order valence-corrected chi connectivity index (χ4v) is 3.91. The molecule has 166 valence electrons. The van der Waals surface area contributed by atoms with Gasteiger partial charge < -0.3 is 15.0 Å². The molecule has 0 atom stereocenters. The number of H-pyrrole nitrogens is 1. The van der Waals surface area contributed by atoms with Crippen molar-refractivity contribution in [1.82, 2.24) is 15.3 Å². The van der Waals surface area contributed by atoms with Crippen LogP contribution in [0.4, 0.5) is 10.5 Å². The SMILES string of the molecule is Cc1cc2nc(-c3ccc(CNC(=O)c4cccc(N5CCOC5=O)c4)cc3)[nH]c2cc1C. The van der Waals surface area contributed by atoms with E-state index in [1.54, 1.807) is 24.3 Å². The van der Waals surface area contributed by atoms with E-state index in [1.165, 1.54) is 16.0 Å². The van der Waals surface area contributed by atoms with Crippen LogP contribution in [0.5, 0.6) is 0 Å². The van der Waals surface area contributed by atoms with Gasteiger partial charge in [0.25, 0.3) is 5.91 Å². The van der Waals surface area contributed by atoms with Crippen molar-refractivity contribution >= 4 is 28.7 Å². The summed E-state index contributed by atoms with van der Waals surface area (Å²) in [6.07, 6.45) is -0.387. The van der Waals surface area contributed by atoms with Crippen LogP contribution < -0.4 is 10.2 Å². The molecule has 0 saturated carbocycles. The van der Waals surface area contributed by atoms with Crippen molar-refractivity contribution in [3.05, 3.63) is 82.9 Å². The fourth-order valence-electron chi connectivity index (χ4n) is 3.91. The minimum atomic E-state index is -0.387. The number of amides is 2. The van der Waals surface area contributed by atoms with Gasteiger partial charge in [0.2, 0.25) is 0 Å². The Morgan fingerprint density at radius 3 is 2.64 bits per heavy atom. The van der Waals surface area contributed by atoms with Gasteiger partial charge in [-0.2, -0.15) is 0 Å². The Labute approximate surface area is 191 Å². The van der Waals surface area contributed by atoms with Crippen LogP contribution in [-0.2, 0) is 11.3 Å². The Kier molecular flexibility index (Phi) is 5.30. The van der Waals surface area contributed by atoms with Crippen LogP contribution in [0.2, 0.25) is 0 Å². The van der Waals surface area contributed by atoms with Crippen LogP contribution in [0.15, 0.2) is 60.7 Å². The summed E-state index contributed by atoms with van der Waals surface area (Å²) in [4.78, 5) is 34.0. The third-order valence-electron chi connectivity index (χ3n) is 5.96. The number of imidazole rings is 1. The Morgan fingerprint density at radius 2 is 1.88 bits per heavy atom. The zero-order valence-corrected chi connectivity index (χ0v) is 18.5. The second-order valence-electron chi connectivity index (χ2n) is 8.23. The van der Waals surface area contributed by atoms with Gasteiger partial charge in [0.15, 0.2) is 0 Å². The maximum atomic E-state index is 12.6. The molecule has 7 nitrogen and oxygen atoms in total. The number of aryl methyl sites for hydroxylation is 2. The van der Waals surface area contributed by atoms with Gasteiger partial charge in [0.1, 0.15) is 12.4 Å². The first-order valence-electron chi connectivity index (χ1n) is 10.9. The van der Waals surface area contributed by atoms with Gasteiger partial charge in [-0.15, -0.1) is 0 Å². The molecule has 7 heteroatoms. The third kappa shape index (κ3) is 4.17. The number of nitrogens with zero attached hydrogens (tertiary/aromatic N) is 2. The molecule has 1 saturated heterocycles. The van der Waals surface area contributed by atoms with Crippen LogP contribution >= 0.6 is 0 Å². The highest BCUT2D eigenvalue weighted by atomic mass is 16.6. The quantitative estimate of drug-likeness (QED) is 0.470. The molecule has 2 amide bonds. The molecule has 1 aliphatic rings. The number of carbonyl (C=O) groups is 2. The van der Waals surface area contributed by atoms with Gasteiger partial charge in [-0.3, -0.25) is 9.69 Å². The molecule has 0 unspecified atom stereocenters. The second kappa shape index (κ2) is 8.43. The lowest BCUT2D eigenvalue weighted by atomic mass is 10.1. The van der Waals surface area contributed by atoms with E-state index in [2.05, 4.69) is 36.3 Å². The smallest absolute Gasteiger partial charge is 0.414 e. The Morgan fingerprint density at radius 1 is 1.09 bits per heavy atom. The normalized spacial score (nSPS) is 13.4. The number of nitrogens with one attached hydrogen (secondary N) is 2. The van der Waals surface area contributed by atoms with E-state index in [0.29, 0.717) is 30.9 Å². The molecule has 5 rings (SSSR count). The van der Waals surface area contributed by atoms with Crippen molar-refractivity contribution < 1.29 is 14.3 Å². The number of aromatic nitrogens is 2. The number of benzene rings is 3. The highest BCUT2D eigenvalue weighted by Gasteiger charge is 2.24. The highest BCUT2D eigenvalue weighted by molar-refractivity contribution is 5.97. The second-order valence-corrected chi connectivity index (χ2v) is 8.23. The molecule has 0 spiro atoms. The van der Waals surface area contributed by atoms with E-state index in [1.807, 2.05) is 24.3 Å². The standard InChI is InChI=1S/C26H24N4O3/c1-16-12-22-23(13-17(16)2)29-24(28-22)19-8-6-18(7-9-19)15-27-25(31)20-4-3-5-21(14-20)30-10-11-33-26(30)32/h3-9,12-14H,10-11,15H2,1-2H3,(H,27,31)(H,28,29). The van der Waals surface area contributed by atoms with Crippen molar-refractivity contribution in [2.75, 3.05) is 18.1 Å². The van der Waals surface area contributed by atoms with Crippen molar-refractivity contribution in [2.24, 2.45) is 0 Å². The first-order valence-corrected chi connectivity index (χ1v) is 10.9. The van der Waals surface area contributed by atoms with E-state index >= 15 is 0 Å². The lowest BCUT2D eigenvalue weighted by Gasteiger charge is -2.14. The lowest BCUT2D eigenvalue weighted by Crippen LogP contribution is -2.25. The topological polar surface area (TPSA) is 87.3 Å². The Balaban J connectivity index is 1.26. The molecular weight excluding hydrogens is 416 g/mol. The van der Waals surface area contributed by atoms with Crippen LogP contribution in [0, 0.1) is 13.8 Å². The fraction of sp³-hybridized carbons (Fsp3) is 0.192. The molecule has 0 radical (unpaired) electrons. The summed E-state index contributed by atoms with van der Waals surface area (Å²) in [7, 11) is 0. The van der Waals surface area contributed by atoms with Gasteiger partial charge in [0.05, 0.1) is 17.6 Å². The third-order valence-corrected chi connectivity index (χ3v) is 5.96. The van der Waals surface area contributed by atoms with E-state index < -0.39 is 0 Å². The summed E-state index contributed by atoms with van der Waals surface area (Å²) in [5.74, 6) is 0.624. The predicted molar refractivity (Wildman–Crippen MR) is 127 cm³/mol. The molecular formula is C26H24N4O3. The minimum absolute atomic E-state index is 0.198. The number of anilines is 1. The molecule has 1 fully saturated rings. The van der Waals surface area contributed by atoms with E-state index in [4.69, 9.17) is 9.72 Å². The first kappa shape index (κ1) is 20.8. The van der Waals surface area contributed by atoms with Crippen LogP contribution in [0.25, 0.3) is 22.4 Å². The van der Waals surface area contributed by atoms with Crippen molar-refractivity contribution in [1.29, 1.82) is 0 Å². The predicted octanol–water partition coefficient (Wildman–Crippen LogP) is 4.73. The van der Waals surface area contributed by atoms with Crippen molar-refractivity contribution in [2.45, 2.75) is 20.4 Å². The van der Waals surface area contributed by atoms with E-state index in [9.17, 15) is 9.59 Å². The number of aromatic amines is 1. The average molecular weight is 441 g/mol. The molecule has 2 heterocycles. The van der Waals surface area contributed by atoms with Gasteiger partial charge >= 0.3 is 6.09 Å². The Bertz CT molecular complexity index is 1320. The number of fused-ring (bicyclic) bond motifs is 1. The molecule has 1 aromatic heterocycles. The number of ether oxygens (including phenoxy) is 1. The maximum absolute atomic E-state index is 12.6. The zero-order valence-electron chi connectivity index (χ0n) is 18.5. The van der Waals surface area contributed by atoms with Gasteiger partial charge in [-0.25, -0.2) is 9.78 Å². The maximum Gasteiger partial charge on any atom is 0.414 e. The molecule has 0 bridgehead atoms. The summed E-state index contributed by atoms with van der Waals surface area (Å²) in [5.41, 5.74) is 7.55. The van der Waals surface area contributed by atoms with Crippen molar-refractivity contribution in [3.8, 4) is 11.4 Å². The average Bonchev–Trinajstić information content (AvgIpc) is 3.44. The molecule has 2 N–H and O–H groups in total. The molecule has 1 aliphatic heterocycles. The van der Waals surface area contributed by atoms with Gasteiger partial charge in [-0.1, -0.05) is 30.3 Å². The van der Waals surface area contributed by atoms with E-state index in [-0.39, 0.29) is 12.0 Å². The number of hydrogen-bond donors (Lipinski definition) is 2. The number of hydrogen-bond acceptors (Lipinski definition) is 4. The summed E-state index contributed by atoms with van der Waals surface area (Å²) >= 11 is 0. The molecule has 33 heavy (non-hydrogen) atoms.